The molecule has 1 amide bonds. The molecule has 29 heavy (non-hydrogen) atoms. The van der Waals surface area contributed by atoms with E-state index >= 15 is 0 Å². The number of hydrogen-bond acceptors (Lipinski definition) is 6. The minimum Gasteiger partial charge on any atom is -0.276 e. The number of hydrogen-bond donors (Lipinski definition) is 2. The number of tetrazole rings is 1. The first-order valence-electron chi connectivity index (χ1n) is 9.27. The van der Waals surface area contributed by atoms with Crippen LogP contribution in [0.1, 0.15) is 24.0 Å². The van der Waals surface area contributed by atoms with Gasteiger partial charge in [0.25, 0.3) is 15.9 Å². The molecule has 9 nitrogen and oxygen atoms in total. The number of nitrogens with one attached hydrogen (secondary N) is 2. The molecule has 0 saturated heterocycles. The molecule has 1 aromatic heterocycles. The monoisotopic (exact) mass is 412 g/mol. The smallest absolute Gasteiger partial charge is 0.258 e. The second-order valence-electron chi connectivity index (χ2n) is 6.80. The molecule has 150 valence electrons. The number of carbonyl (C=O) groups excluding carboxylic acids is 1. The van der Waals surface area contributed by atoms with Gasteiger partial charge in [-0.15, -0.1) is 15.0 Å². The molecule has 2 aromatic carbocycles. The lowest BCUT2D eigenvalue weighted by Gasteiger charge is -2.16. The van der Waals surface area contributed by atoms with Crippen molar-refractivity contribution >= 4 is 15.9 Å². The Bertz CT molecular complexity index is 1130. The summed E-state index contributed by atoms with van der Waals surface area (Å²) in [6, 6.07) is 14.3. The summed E-state index contributed by atoms with van der Waals surface area (Å²) in [5, 5.41) is 11.8. The van der Waals surface area contributed by atoms with E-state index in [2.05, 4.69) is 25.7 Å². The normalized spacial score (nSPS) is 13.7. The Morgan fingerprint density at radius 2 is 1.79 bits per heavy atom. The van der Waals surface area contributed by atoms with Crippen molar-refractivity contribution in [3.8, 4) is 11.4 Å². The molecule has 0 radical (unpaired) electrons. The van der Waals surface area contributed by atoms with Crippen molar-refractivity contribution < 1.29 is 13.2 Å². The molecule has 0 spiro atoms. The Hall–Kier alpha value is -3.11. The predicted molar refractivity (Wildman–Crippen MR) is 105 cm³/mol. The Kier molecular flexibility index (Phi) is 5.36. The summed E-state index contributed by atoms with van der Waals surface area (Å²) >= 11 is 0. The van der Waals surface area contributed by atoms with E-state index in [9.17, 15) is 13.2 Å². The summed E-state index contributed by atoms with van der Waals surface area (Å²) in [5.74, 6) is -0.225. The Morgan fingerprint density at radius 1 is 1.03 bits per heavy atom. The lowest BCUT2D eigenvalue weighted by molar-refractivity contribution is -0.122. The molecule has 1 aliphatic carbocycles. The van der Waals surface area contributed by atoms with E-state index in [1.807, 2.05) is 36.4 Å². The summed E-state index contributed by atoms with van der Waals surface area (Å²) in [4.78, 5) is 15.5. The van der Waals surface area contributed by atoms with Gasteiger partial charge in [0.2, 0.25) is 5.82 Å². The van der Waals surface area contributed by atoms with Crippen LogP contribution in [0, 0.1) is 0 Å². The van der Waals surface area contributed by atoms with Crippen LogP contribution in [0.15, 0.2) is 53.4 Å². The topological polar surface area (TPSA) is 119 Å². The lowest BCUT2D eigenvalue weighted by Crippen LogP contribution is -2.43. The van der Waals surface area contributed by atoms with Crippen LogP contribution in [0.3, 0.4) is 0 Å². The van der Waals surface area contributed by atoms with Gasteiger partial charge < -0.3 is 0 Å². The first kappa shape index (κ1) is 19.2. The standard InChI is InChI=1S/C19H20N6O3S/c26-18(13-25-22-19(21-23-25)15-7-2-1-3-8-15)20-24-29(27,28)17-11-10-14-6-4-5-9-16(14)12-17/h1-3,7-8,10-12,24H,4-6,9,13H2,(H,20,26). The summed E-state index contributed by atoms with van der Waals surface area (Å²) in [7, 11) is -3.87. The molecule has 0 aliphatic heterocycles. The van der Waals surface area contributed by atoms with Crippen LogP contribution in [0.2, 0.25) is 0 Å². The van der Waals surface area contributed by atoms with E-state index in [1.54, 1.807) is 12.1 Å². The van der Waals surface area contributed by atoms with Gasteiger partial charge in [-0.1, -0.05) is 36.4 Å². The number of aromatic nitrogens is 4. The zero-order valence-corrected chi connectivity index (χ0v) is 16.4. The summed E-state index contributed by atoms with van der Waals surface area (Å²) in [5.41, 5.74) is 5.20. The fourth-order valence-corrected chi connectivity index (χ4v) is 4.15. The average Bonchev–Trinajstić information content (AvgIpc) is 3.21. The molecule has 0 saturated carbocycles. The third kappa shape index (κ3) is 4.49. The highest BCUT2D eigenvalue weighted by molar-refractivity contribution is 7.89. The van der Waals surface area contributed by atoms with Gasteiger partial charge in [0.05, 0.1) is 4.90 Å². The fraction of sp³-hybridized carbons (Fsp3) is 0.263. The second kappa shape index (κ2) is 8.10. The Morgan fingerprint density at radius 3 is 2.59 bits per heavy atom. The Labute approximate surface area is 168 Å². The van der Waals surface area contributed by atoms with Crippen molar-refractivity contribution in [3.05, 3.63) is 59.7 Å². The van der Waals surface area contributed by atoms with Gasteiger partial charge in [0.15, 0.2) is 0 Å². The quantitative estimate of drug-likeness (QED) is 0.588. The molecule has 0 fully saturated rings. The number of benzene rings is 2. The molecule has 3 aromatic rings. The van der Waals surface area contributed by atoms with E-state index in [0.29, 0.717) is 5.82 Å². The molecule has 0 unspecified atom stereocenters. The van der Waals surface area contributed by atoms with Crippen LogP contribution in [0.25, 0.3) is 11.4 Å². The first-order valence-corrected chi connectivity index (χ1v) is 10.8. The van der Waals surface area contributed by atoms with Gasteiger partial charge in [0, 0.05) is 5.56 Å². The maximum absolute atomic E-state index is 12.5. The summed E-state index contributed by atoms with van der Waals surface area (Å²) in [6.45, 7) is -0.271. The summed E-state index contributed by atoms with van der Waals surface area (Å²) < 4.78 is 25.0. The van der Waals surface area contributed by atoms with Crippen LogP contribution in [0.5, 0.6) is 0 Å². The van der Waals surface area contributed by atoms with Gasteiger partial charge in [-0.05, 0) is 54.2 Å². The molecule has 1 aliphatic rings. The van der Waals surface area contributed by atoms with Crippen LogP contribution in [-0.2, 0) is 34.2 Å². The van der Waals surface area contributed by atoms with E-state index in [1.165, 1.54) is 5.56 Å². The van der Waals surface area contributed by atoms with Crippen molar-refractivity contribution in [3.63, 3.8) is 0 Å². The number of hydrazine groups is 1. The van der Waals surface area contributed by atoms with Crippen molar-refractivity contribution in [1.82, 2.24) is 30.5 Å². The van der Waals surface area contributed by atoms with E-state index in [4.69, 9.17) is 0 Å². The van der Waals surface area contributed by atoms with Crippen molar-refractivity contribution in [2.24, 2.45) is 0 Å². The maximum Gasteiger partial charge on any atom is 0.258 e. The summed E-state index contributed by atoms with van der Waals surface area (Å²) in [6.07, 6.45) is 4.01. The van der Waals surface area contributed by atoms with E-state index in [0.717, 1.165) is 41.6 Å². The van der Waals surface area contributed by atoms with E-state index < -0.39 is 15.9 Å². The highest BCUT2D eigenvalue weighted by atomic mass is 32.2. The number of carbonyl (C=O) groups is 1. The largest absolute Gasteiger partial charge is 0.276 e. The number of rotatable bonds is 6. The molecule has 0 bridgehead atoms. The van der Waals surface area contributed by atoms with Crippen LogP contribution in [-0.4, -0.2) is 34.5 Å². The van der Waals surface area contributed by atoms with Gasteiger partial charge in [-0.25, -0.2) is 8.42 Å². The van der Waals surface area contributed by atoms with Gasteiger partial charge in [-0.2, -0.15) is 4.80 Å². The molecule has 10 heteroatoms. The molecule has 2 N–H and O–H groups in total. The number of sulfonamides is 1. The molecule has 1 heterocycles. The second-order valence-corrected chi connectivity index (χ2v) is 8.48. The average molecular weight is 412 g/mol. The van der Waals surface area contributed by atoms with Crippen molar-refractivity contribution in [2.45, 2.75) is 37.1 Å². The fourth-order valence-electron chi connectivity index (χ4n) is 3.24. The molecular weight excluding hydrogens is 392 g/mol. The Balaban J connectivity index is 1.37. The third-order valence-corrected chi connectivity index (χ3v) is 5.97. The maximum atomic E-state index is 12.5. The number of nitrogens with zero attached hydrogens (tertiary/aromatic N) is 4. The molecule has 4 rings (SSSR count). The van der Waals surface area contributed by atoms with Crippen molar-refractivity contribution in [1.29, 1.82) is 0 Å². The lowest BCUT2D eigenvalue weighted by atomic mass is 9.92. The zero-order chi connectivity index (χ0) is 20.3. The third-order valence-electron chi connectivity index (χ3n) is 4.72. The first-order chi connectivity index (χ1) is 14.0. The highest BCUT2D eigenvalue weighted by Gasteiger charge is 2.19. The van der Waals surface area contributed by atoms with Crippen LogP contribution < -0.4 is 10.3 Å². The van der Waals surface area contributed by atoms with E-state index in [-0.39, 0.29) is 11.4 Å². The predicted octanol–water partition coefficient (Wildman–Crippen LogP) is 1.23. The minimum atomic E-state index is -3.87. The molecular formula is C19H20N6O3S. The van der Waals surface area contributed by atoms with Gasteiger partial charge >= 0.3 is 0 Å². The molecule has 0 atom stereocenters. The number of amides is 1. The van der Waals surface area contributed by atoms with Crippen molar-refractivity contribution in [2.75, 3.05) is 0 Å². The highest BCUT2D eigenvalue weighted by Crippen LogP contribution is 2.23. The van der Waals surface area contributed by atoms with Crippen LogP contribution in [0.4, 0.5) is 0 Å². The van der Waals surface area contributed by atoms with Crippen LogP contribution >= 0.6 is 0 Å². The number of fused-ring (bicyclic) bond motifs is 1. The number of aryl methyl sites for hydroxylation is 2. The zero-order valence-electron chi connectivity index (χ0n) is 15.6. The minimum absolute atomic E-state index is 0.128. The SMILES string of the molecule is O=C(Cn1nnc(-c2ccccc2)n1)NNS(=O)(=O)c1ccc2c(c1)CCCC2. The van der Waals surface area contributed by atoms with Gasteiger partial charge in [0.1, 0.15) is 6.54 Å². The van der Waals surface area contributed by atoms with Gasteiger partial charge in [-0.3, -0.25) is 10.2 Å².